The van der Waals surface area contributed by atoms with Gasteiger partial charge in [0.15, 0.2) is 12.1 Å². The number of amides is 2. The van der Waals surface area contributed by atoms with Crippen LogP contribution in [0.15, 0.2) is 24.4 Å². The van der Waals surface area contributed by atoms with Gasteiger partial charge in [0.2, 0.25) is 11.8 Å². The monoisotopic (exact) mass is 258 g/mol. The first-order valence-corrected chi connectivity index (χ1v) is 5.69. The minimum absolute atomic E-state index is 0.0104. The number of rotatable bonds is 2. The van der Waals surface area contributed by atoms with Gasteiger partial charge >= 0.3 is 0 Å². The highest BCUT2D eigenvalue weighted by Crippen LogP contribution is 2.20. The number of imidazole rings is 1. The van der Waals surface area contributed by atoms with Crippen LogP contribution in [0.3, 0.4) is 0 Å². The molecule has 1 aliphatic rings. The maximum Gasteiger partial charge on any atom is 0.246 e. The molecule has 7 nitrogen and oxygen atoms in total. The molecule has 7 heteroatoms. The zero-order valence-corrected chi connectivity index (χ0v) is 9.87. The number of hydrogen-bond donors (Lipinski definition) is 1. The lowest BCUT2D eigenvalue weighted by Crippen LogP contribution is -2.51. The molecule has 0 atom stereocenters. The molecule has 0 saturated carbocycles. The number of fused-ring (bicyclic) bond motifs is 1. The Balaban J connectivity index is 2.11. The summed E-state index contributed by atoms with van der Waals surface area (Å²) in [6, 6.07) is 5.33. The van der Waals surface area contributed by atoms with Crippen LogP contribution in [0, 0.1) is 0 Å². The first-order chi connectivity index (χ1) is 9.19. The molecule has 1 fully saturated rings. The Kier molecular flexibility index (Phi) is 2.52. The molecule has 2 amide bonds. The Hall–Kier alpha value is -2.70. The predicted molar refractivity (Wildman–Crippen MR) is 65.9 cm³/mol. The van der Waals surface area contributed by atoms with Crippen molar-refractivity contribution in [2.75, 3.05) is 18.0 Å². The number of anilines is 1. The largest absolute Gasteiger partial charge is 0.336 e. The van der Waals surface area contributed by atoms with E-state index in [9.17, 15) is 14.4 Å². The van der Waals surface area contributed by atoms with Crippen LogP contribution in [0.1, 0.15) is 10.5 Å². The fraction of sp³-hybridized carbons (Fsp3) is 0.167. The van der Waals surface area contributed by atoms with Crippen molar-refractivity contribution >= 4 is 29.6 Å². The molecule has 1 aliphatic heterocycles. The minimum Gasteiger partial charge on any atom is -0.336 e. The third kappa shape index (κ3) is 1.85. The molecule has 0 aliphatic carbocycles. The molecular formula is C12H10N4O3. The van der Waals surface area contributed by atoms with Crippen molar-refractivity contribution in [1.29, 1.82) is 0 Å². The summed E-state index contributed by atoms with van der Waals surface area (Å²) in [7, 11) is 0. The van der Waals surface area contributed by atoms with E-state index in [0.717, 1.165) is 0 Å². The van der Waals surface area contributed by atoms with Gasteiger partial charge in [-0.1, -0.05) is 6.07 Å². The molecule has 19 heavy (non-hydrogen) atoms. The lowest BCUT2D eigenvalue weighted by molar-refractivity contribution is -0.130. The van der Waals surface area contributed by atoms with Crippen molar-refractivity contribution < 1.29 is 14.4 Å². The average Bonchev–Trinajstić information content (AvgIpc) is 2.76. The summed E-state index contributed by atoms with van der Waals surface area (Å²) in [5.74, 6) is -0.445. The second-order valence-electron chi connectivity index (χ2n) is 4.19. The molecule has 0 spiro atoms. The number of pyridine rings is 1. The molecule has 0 aromatic carbocycles. The van der Waals surface area contributed by atoms with Crippen LogP contribution in [0.25, 0.3) is 5.65 Å². The van der Waals surface area contributed by atoms with E-state index in [4.69, 9.17) is 0 Å². The number of piperazine rings is 1. The number of imide groups is 1. The summed E-state index contributed by atoms with van der Waals surface area (Å²) < 4.78 is 1.62. The highest BCUT2D eigenvalue weighted by atomic mass is 16.2. The number of hydrogen-bond acceptors (Lipinski definition) is 5. The van der Waals surface area contributed by atoms with E-state index in [0.29, 0.717) is 23.4 Å². The Morgan fingerprint density at radius 3 is 2.63 bits per heavy atom. The number of nitrogens with one attached hydrogen (secondary N) is 1. The van der Waals surface area contributed by atoms with Gasteiger partial charge in [0.1, 0.15) is 11.3 Å². The van der Waals surface area contributed by atoms with Gasteiger partial charge in [-0.3, -0.25) is 24.1 Å². The average molecular weight is 258 g/mol. The molecule has 1 N–H and O–H groups in total. The van der Waals surface area contributed by atoms with Gasteiger partial charge in [0.05, 0.1) is 13.1 Å². The number of carbonyl (C=O) groups is 3. The maximum atomic E-state index is 11.4. The number of carbonyl (C=O) groups excluding carboxylic acids is 3. The molecular weight excluding hydrogens is 248 g/mol. The Morgan fingerprint density at radius 2 is 1.95 bits per heavy atom. The molecule has 2 aromatic heterocycles. The summed E-state index contributed by atoms with van der Waals surface area (Å²) in [5.41, 5.74) is 0.927. The molecule has 96 valence electrons. The van der Waals surface area contributed by atoms with Crippen LogP contribution in [-0.2, 0) is 9.59 Å². The van der Waals surface area contributed by atoms with Crippen molar-refractivity contribution in [3.05, 3.63) is 30.1 Å². The van der Waals surface area contributed by atoms with Crippen LogP contribution in [0.2, 0.25) is 0 Å². The van der Waals surface area contributed by atoms with E-state index in [1.807, 2.05) is 0 Å². The molecule has 0 bridgehead atoms. The van der Waals surface area contributed by atoms with Crippen LogP contribution in [0.5, 0.6) is 0 Å². The van der Waals surface area contributed by atoms with Gasteiger partial charge in [-0.15, -0.1) is 0 Å². The third-order valence-electron chi connectivity index (χ3n) is 2.91. The highest BCUT2D eigenvalue weighted by molar-refractivity contribution is 6.03. The second-order valence-corrected chi connectivity index (χ2v) is 4.19. The lowest BCUT2D eigenvalue weighted by atomic mass is 10.3. The van der Waals surface area contributed by atoms with Crippen molar-refractivity contribution in [3.63, 3.8) is 0 Å². The molecule has 2 aromatic rings. The van der Waals surface area contributed by atoms with Crippen molar-refractivity contribution in [1.82, 2.24) is 14.7 Å². The van der Waals surface area contributed by atoms with Gasteiger partial charge in [0, 0.05) is 6.20 Å². The van der Waals surface area contributed by atoms with Crippen LogP contribution in [0.4, 0.5) is 5.82 Å². The van der Waals surface area contributed by atoms with Crippen molar-refractivity contribution in [3.8, 4) is 0 Å². The lowest BCUT2D eigenvalue weighted by Gasteiger charge is -2.25. The molecule has 1 saturated heterocycles. The van der Waals surface area contributed by atoms with E-state index in [-0.39, 0.29) is 13.1 Å². The number of aldehydes is 1. The normalized spacial score (nSPS) is 15.7. The molecule has 0 unspecified atom stereocenters. The van der Waals surface area contributed by atoms with E-state index < -0.39 is 11.8 Å². The quantitative estimate of drug-likeness (QED) is 0.586. The van der Waals surface area contributed by atoms with Crippen molar-refractivity contribution in [2.45, 2.75) is 0 Å². The molecule has 3 rings (SSSR count). The summed E-state index contributed by atoms with van der Waals surface area (Å²) >= 11 is 0. The standard InChI is InChI=1S/C12H10N4O3/c17-7-8-12(13-9-3-1-2-4-16(8)9)15-5-10(18)14-11(19)6-15/h1-4,7H,5-6H2,(H,14,18,19). The van der Waals surface area contributed by atoms with Gasteiger partial charge in [0.25, 0.3) is 0 Å². The first kappa shape index (κ1) is 11.4. The van der Waals surface area contributed by atoms with E-state index >= 15 is 0 Å². The Labute approximate surface area is 107 Å². The summed E-state index contributed by atoms with van der Waals surface area (Å²) in [6.45, 7) is 0.0208. The van der Waals surface area contributed by atoms with Gasteiger partial charge in [-0.2, -0.15) is 0 Å². The second kappa shape index (κ2) is 4.20. The topological polar surface area (TPSA) is 83.8 Å². The van der Waals surface area contributed by atoms with Gasteiger partial charge in [-0.25, -0.2) is 4.98 Å². The third-order valence-corrected chi connectivity index (χ3v) is 2.91. The number of nitrogens with zero attached hydrogens (tertiary/aromatic N) is 3. The summed E-state index contributed by atoms with van der Waals surface area (Å²) in [5, 5.41) is 2.21. The SMILES string of the molecule is O=Cc1c(N2CC(=O)NC(=O)C2)nc2ccccn12. The smallest absolute Gasteiger partial charge is 0.246 e. The van der Waals surface area contributed by atoms with E-state index in [1.165, 1.54) is 4.90 Å². The van der Waals surface area contributed by atoms with E-state index in [2.05, 4.69) is 10.3 Å². The highest BCUT2D eigenvalue weighted by Gasteiger charge is 2.27. The van der Waals surface area contributed by atoms with Crippen LogP contribution in [-0.4, -0.2) is 40.6 Å². The fourth-order valence-corrected chi connectivity index (χ4v) is 2.13. The van der Waals surface area contributed by atoms with Gasteiger partial charge in [-0.05, 0) is 12.1 Å². The Bertz CT molecular complexity index is 675. The van der Waals surface area contributed by atoms with Gasteiger partial charge < -0.3 is 4.90 Å². The zero-order chi connectivity index (χ0) is 13.4. The fourth-order valence-electron chi connectivity index (χ4n) is 2.13. The Morgan fingerprint density at radius 1 is 1.21 bits per heavy atom. The zero-order valence-electron chi connectivity index (χ0n) is 9.87. The van der Waals surface area contributed by atoms with Crippen molar-refractivity contribution in [2.24, 2.45) is 0 Å². The first-order valence-electron chi connectivity index (χ1n) is 5.69. The summed E-state index contributed by atoms with van der Waals surface area (Å²) in [6.07, 6.45) is 2.38. The van der Waals surface area contributed by atoms with Crippen LogP contribution < -0.4 is 10.2 Å². The predicted octanol–water partition coefficient (Wildman–Crippen LogP) is -0.390. The maximum absolute atomic E-state index is 11.4. The molecule has 3 heterocycles. The van der Waals surface area contributed by atoms with Crippen LogP contribution >= 0.6 is 0 Å². The summed E-state index contributed by atoms with van der Waals surface area (Å²) in [4.78, 5) is 39.8. The molecule has 0 radical (unpaired) electrons. The minimum atomic E-state index is -0.398. The number of aromatic nitrogens is 2. The van der Waals surface area contributed by atoms with E-state index in [1.54, 1.807) is 28.8 Å².